The molecule has 0 bridgehead atoms. The minimum Gasteiger partial charge on any atom is -0.457 e. The molecule has 3 rings (SSSR count). The predicted molar refractivity (Wildman–Crippen MR) is 87.5 cm³/mol. The molecule has 2 aromatic rings. The molecule has 1 aliphatic rings. The number of fused-ring (bicyclic) bond motifs is 1. The Kier molecular flexibility index (Phi) is 4.48. The fourth-order valence-corrected chi connectivity index (χ4v) is 4.81. The van der Waals surface area contributed by atoms with Gasteiger partial charge in [-0.1, -0.05) is 11.6 Å². The monoisotopic (exact) mass is 426 g/mol. The first-order valence-electron chi connectivity index (χ1n) is 7.25. The average Bonchev–Trinajstić information content (AvgIpc) is 2.61. The van der Waals surface area contributed by atoms with E-state index in [9.17, 15) is 35.5 Å². The lowest BCUT2D eigenvalue weighted by Gasteiger charge is -2.26. The molecule has 1 heterocycles. The SMILES string of the molecule is BC1(O)c2c(ccc(Oc3cc(F)cc(Cl)c3)c2C(F)F)S(=O)(=O)C1(F)F. The van der Waals surface area contributed by atoms with Crippen LogP contribution in [-0.2, 0) is 15.3 Å². The van der Waals surface area contributed by atoms with Gasteiger partial charge in [0.2, 0.25) is 9.84 Å². The Morgan fingerprint density at radius 1 is 1.19 bits per heavy atom. The number of sulfone groups is 1. The number of benzene rings is 2. The van der Waals surface area contributed by atoms with E-state index in [1.54, 1.807) is 0 Å². The molecule has 1 N–H and O–H groups in total. The lowest BCUT2D eigenvalue weighted by molar-refractivity contribution is -0.0714. The van der Waals surface area contributed by atoms with E-state index < -0.39 is 54.6 Å². The first kappa shape index (κ1) is 19.9. The normalized spacial score (nSPS) is 22.7. The lowest BCUT2D eigenvalue weighted by atomic mass is 9.74. The van der Waals surface area contributed by atoms with Crippen LogP contribution >= 0.6 is 11.6 Å². The molecule has 4 nitrogen and oxygen atoms in total. The van der Waals surface area contributed by atoms with E-state index in [-0.39, 0.29) is 10.8 Å². The zero-order chi connectivity index (χ0) is 20.4. The van der Waals surface area contributed by atoms with E-state index in [2.05, 4.69) is 0 Å². The molecular formula is C15H9BClF5O4S. The Morgan fingerprint density at radius 3 is 2.37 bits per heavy atom. The fraction of sp³-hybridized carbons (Fsp3) is 0.200. The summed E-state index contributed by atoms with van der Waals surface area (Å²) in [5.74, 6) is -1.90. The van der Waals surface area contributed by atoms with Crippen LogP contribution in [0, 0.1) is 5.82 Å². The number of alkyl halides is 4. The highest BCUT2D eigenvalue weighted by atomic mass is 35.5. The van der Waals surface area contributed by atoms with Gasteiger partial charge in [-0.15, -0.1) is 0 Å². The van der Waals surface area contributed by atoms with Crippen LogP contribution in [0.25, 0.3) is 0 Å². The van der Waals surface area contributed by atoms with Crippen molar-refractivity contribution in [3.8, 4) is 11.5 Å². The highest BCUT2D eigenvalue weighted by molar-refractivity contribution is 7.93. The Labute approximate surface area is 155 Å². The summed E-state index contributed by atoms with van der Waals surface area (Å²) in [4.78, 5) is -1.13. The summed E-state index contributed by atoms with van der Waals surface area (Å²) in [7, 11) is -4.98. The quantitative estimate of drug-likeness (QED) is 0.604. The molecule has 1 aliphatic heterocycles. The van der Waals surface area contributed by atoms with Crippen LogP contribution in [0.5, 0.6) is 11.5 Å². The molecular weight excluding hydrogens is 417 g/mol. The third-order valence-electron chi connectivity index (χ3n) is 4.13. The van der Waals surface area contributed by atoms with Gasteiger partial charge >= 0.3 is 5.25 Å². The first-order chi connectivity index (χ1) is 12.3. The van der Waals surface area contributed by atoms with Gasteiger partial charge in [0.1, 0.15) is 22.8 Å². The van der Waals surface area contributed by atoms with Crippen molar-refractivity contribution in [1.29, 1.82) is 0 Å². The average molecular weight is 427 g/mol. The molecule has 144 valence electrons. The zero-order valence-corrected chi connectivity index (χ0v) is 14.9. The van der Waals surface area contributed by atoms with Crippen LogP contribution in [0.4, 0.5) is 22.0 Å². The van der Waals surface area contributed by atoms with Crippen LogP contribution in [0.3, 0.4) is 0 Å². The van der Waals surface area contributed by atoms with Crippen LogP contribution in [0.1, 0.15) is 17.6 Å². The maximum Gasteiger partial charge on any atom is 0.373 e. The number of hydrogen-bond donors (Lipinski definition) is 1. The highest BCUT2D eigenvalue weighted by Crippen LogP contribution is 2.55. The Bertz CT molecular complexity index is 1020. The van der Waals surface area contributed by atoms with Crippen molar-refractivity contribution in [1.82, 2.24) is 0 Å². The van der Waals surface area contributed by atoms with E-state index in [1.165, 1.54) is 0 Å². The molecule has 27 heavy (non-hydrogen) atoms. The summed E-state index contributed by atoms with van der Waals surface area (Å²) in [6, 6.07) is 4.16. The summed E-state index contributed by atoms with van der Waals surface area (Å²) in [5.41, 5.74) is -5.83. The van der Waals surface area contributed by atoms with Crippen molar-refractivity contribution < 1.29 is 40.2 Å². The Morgan fingerprint density at radius 2 is 1.81 bits per heavy atom. The molecule has 12 heteroatoms. The van der Waals surface area contributed by atoms with Gasteiger partial charge in [-0.25, -0.2) is 21.6 Å². The van der Waals surface area contributed by atoms with Crippen LogP contribution in [-0.4, -0.2) is 26.6 Å². The van der Waals surface area contributed by atoms with Gasteiger partial charge in [0.15, 0.2) is 7.85 Å². The van der Waals surface area contributed by atoms with Gasteiger partial charge in [0.25, 0.3) is 6.43 Å². The topological polar surface area (TPSA) is 63.6 Å². The smallest absolute Gasteiger partial charge is 0.373 e. The summed E-state index contributed by atoms with van der Waals surface area (Å²) >= 11 is 5.65. The molecule has 0 aromatic heterocycles. The second-order valence-corrected chi connectivity index (χ2v) is 8.35. The summed E-state index contributed by atoms with van der Waals surface area (Å²) in [6.45, 7) is 0. The second-order valence-electron chi connectivity index (χ2n) is 5.95. The van der Waals surface area contributed by atoms with Crippen LogP contribution < -0.4 is 4.74 Å². The number of ether oxygens (including phenoxy) is 1. The maximum absolute atomic E-state index is 14.2. The van der Waals surface area contributed by atoms with E-state index in [0.29, 0.717) is 13.9 Å². The summed E-state index contributed by atoms with van der Waals surface area (Å²) < 4.78 is 98.3. The van der Waals surface area contributed by atoms with Gasteiger partial charge < -0.3 is 9.84 Å². The standard InChI is InChI=1S/C15H9BClF5O4S/c16-14(23)12-10(27(24,25)15(14,21)22)2-1-9(11(12)13(19)20)26-8-4-6(17)3-7(18)5-8/h1-5,13,23H,16H2. The van der Waals surface area contributed by atoms with Crippen molar-refractivity contribution in [3.05, 3.63) is 52.3 Å². The van der Waals surface area contributed by atoms with Gasteiger partial charge in [0.05, 0.1) is 10.5 Å². The van der Waals surface area contributed by atoms with Gasteiger partial charge in [0, 0.05) is 16.7 Å². The van der Waals surface area contributed by atoms with Crippen molar-refractivity contribution in [3.63, 3.8) is 0 Å². The minimum absolute atomic E-state index is 0.120. The molecule has 1 unspecified atom stereocenters. The summed E-state index contributed by atoms with van der Waals surface area (Å²) in [6.07, 6.45) is -3.48. The maximum atomic E-state index is 14.2. The molecule has 1 atom stereocenters. The Balaban J connectivity index is 2.27. The number of hydrogen-bond acceptors (Lipinski definition) is 4. The van der Waals surface area contributed by atoms with E-state index in [0.717, 1.165) is 24.3 Å². The van der Waals surface area contributed by atoms with Crippen LogP contribution in [0.15, 0.2) is 35.2 Å². The molecule has 0 spiro atoms. The molecule has 0 fully saturated rings. The van der Waals surface area contributed by atoms with E-state index in [1.807, 2.05) is 0 Å². The number of aliphatic hydroxyl groups is 1. The van der Waals surface area contributed by atoms with Crippen LogP contribution in [0.2, 0.25) is 5.02 Å². The van der Waals surface area contributed by atoms with Crippen molar-refractivity contribution in [2.45, 2.75) is 22.1 Å². The molecule has 0 aliphatic carbocycles. The minimum atomic E-state index is -5.40. The summed E-state index contributed by atoms with van der Waals surface area (Å²) in [5, 5.41) is 5.27. The third-order valence-corrected chi connectivity index (χ3v) is 6.34. The largest absolute Gasteiger partial charge is 0.457 e. The van der Waals surface area contributed by atoms with Crippen molar-refractivity contribution in [2.24, 2.45) is 0 Å². The fourth-order valence-electron chi connectivity index (χ4n) is 2.87. The zero-order valence-electron chi connectivity index (χ0n) is 13.3. The number of rotatable bonds is 3. The Hall–Kier alpha value is -1.85. The highest BCUT2D eigenvalue weighted by Gasteiger charge is 2.68. The predicted octanol–water partition coefficient (Wildman–Crippen LogP) is 3.37. The van der Waals surface area contributed by atoms with E-state index >= 15 is 0 Å². The molecule has 0 saturated carbocycles. The van der Waals surface area contributed by atoms with Crippen molar-refractivity contribution in [2.75, 3.05) is 0 Å². The number of halogens is 6. The van der Waals surface area contributed by atoms with Gasteiger partial charge in [-0.3, -0.25) is 0 Å². The van der Waals surface area contributed by atoms with Gasteiger partial charge in [-0.2, -0.15) is 8.78 Å². The van der Waals surface area contributed by atoms with E-state index in [4.69, 9.17) is 16.3 Å². The molecule has 0 radical (unpaired) electrons. The molecule has 2 aromatic carbocycles. The lowest BCUT2D eigenvalue weighted by Crippen LogP contribution is -2.45. The van der Waals surface area contributed by atoms with Crippen molar-refractivity contribution >= 4 is 29.3 Å². The van der Waals surface area contributed by atoms with Gasteiger partial charge in [-0.05, 0) is 24.3 Å². The molecule has 0 amide bonds. The second kappa shape index (κ2) is 6.08. The molecule has 0 saturated heterocycles. The first-order valence-corrected chi connectivity index (χ1v) is 9.11. The third kappa shape index (κ3) is 2.79.